The summed E-state index contributed by atoms with van der Waals surface area (Å²) in [6, 6.07) is 15.7. The number of benzene rings is 2. The molecule has 0 saturated heterocycles. The van der Waals surface area contributed by atoms with E-state index >= 15 is 0 Å². The molecule has 3 aromatic rings. The Morgan fingerprint density at radius 2 is 1.69 bits per heavy atom. The molecule has 32 heavy (non-hydrogen) atoms. The molecule has 7 nitrogen and oxygen atoms in total. The Balaban J connectivity index is 0.00000363. The number of nitrogens with zero attached hydrogens (tertiary/aromatic N) is 1. The predicted molar refractivity (Wildman–Crippen MR) is 124 cm³/mol. The fraction of sp³-hybridized carbons (Fsp3) is 0.143. The van der Waals surface area contributed by atoms with Crippen molar-refractivity contribution in [3.05, 3.63) is 83.8 Å². The summed E-state index contributed by atoms with van der Waals surface area (Å²) in [5.74, 6) is -0.233. The molecule has 1 heterocycles. The van der Waals surface area contributed by atoms with Crippen molar-refractivity contribution in [1.29, 1.82) is 0 Å². The van der Waals surface area contributed by atoms with Gasteiger partial charge in [0.2, 0.25) is 0 Å². The van der Waals surface area contributed by atoms with Crippen LogP contribution in [-0.2, 0) is 13.1 Å². The lowest BCUT2D eigenvalue weighted by Gasteiger charge is -2.09. The van der Waals surface area contributed by atoms with Crippen molar-refractivity contribution in [2.45, 2.75) is 19.5 Å². The van der Waals surface area contributed by atoms with Crippen LogP contribution < -0.4 is 21.1 Å². The van der Waals surface area contributed by atoms with Crippen molar-refractivity contribution >= 4 is 41.5 Å². The summed E-state index contributed by atoms with van der Waals surface area (Å²) >= 11 is 0. The summed E-state index contributed by atoms with van der Waals surface area (Å²) in [6.45, 7) is 0.600. The van der Waals surface area contributed by atoms with E-state index in [9.17, 15) is 18.0 Å². The Bertz CT molecular complexity index is 1020. The molecule has 1 amide bonds. The zero-order chi connectivity index (χ0) is 22.3. The molecule has 0 saturated carbocycles. The molecule has 1 aromatic heterocycles. The summed E-state index contributed by atoms with van der Waals surface area (Å²) in [5.41, 5.74) is 8.03. The summed E-state index contributed by atoms with van der Waals surface area (Å²) in [7, 11) is 0. The van der Waals surface area contributed by atoms with E-state index < -0.39 is 6.36 Å². The van der Waals surface area contributed by atoms with E-state index in [1.807, 2.05) is 12.1 Å². The van der Waals surface area contributed by atoms with Crippen molar-refractivity contribution in [1.82, 2.24) is 5.32 Å². The third-order valence-electron chi connectivity index (χ3n) is 4.02. The molecule has 11 heteroatoms. The van der Waals surface area contributed by atoms with Crippen molar-refractivity contribution in [2.24, 2.45) is 10.7 Å². The number of nitrogens with one attached hydrogen (secondary N) is 2. The van der Waals surface area contributed by atoms with Crippen molar-refractivity contribution in [3.8, 4) is 5.75 Å². The van der Waals surface area contributed by atoms with Crippen LogP contribution in [0.15, 0.2) is 76.3 Å². The van der Waals surface area contributed by atoms with Crippen LogP contribution in [0.3, 0.4) is 0 Å². The van der Waals surface area contributed by atoms with Crippen molar-refractivity contribution in [2.75, 3.05) is 5.32 Å². The van der Waals surface area contributed by atoms with Crippen LogP contribution in [0.4, 0.5) is 18.9 Å². The van der Waals surface area contributed by atoms with Crippen LogP contribution in [0.5, 0.6) is 5.75 Å². The van der Waals surface area contributed by atoms with Gasteiger partial charge in [0.15, 0.2) is 11.7 Å². The Labute approximate surface area is 198 Å². The molecule has 0 atom stereocenters. The lowest BCUT2D eigenvalue weighted by molar-refractivity contribution is -0.274. The molecular weight excluding hydrogens is 540 g/mol. The smallest absolute Gasteiger partial charge is 0.459 e. The molecule has 0 fully saturated rings. The van der Waals surface area contributed by atoms with Gasteiger partial charge in [-0.15, -0.1) is 37.1 Å². The van der Waals surface area contributed by atoms with Crippen LogP contribution in [0, 0.1) is 0 Å². The van der Waals surface area contributed by atoms with Crippen LogP contribution >= 0.6 is 24.0 Å². The number of ether oxygens (including phenoxy) is 1. The van der Waals surface area contributed by atoms with Gasteiger partial charge in [-0.1, -0.05) is 24.3 Å². The fourth-order valence-electron chi connectivity index (χ4n) is 2.53. The predicted octanol–water partition coefficient (Wildman–Crippen LogP) is 4.65. The number of furan rings is 1. The van der Waals surface area contributed by atoms with Gasteiger partial charge < -0.3 is 25.5 Å². The Morgan fingerprint density at radius 1 is 1.03 bits per heavy atom. The fourth-order valence-corrected chi connectivity index (χ4v) is 2.53. The molecule has 170 valence electrons. The van der Waals surface area contributed by atoms with Crippen LogP contribution in [0.1, 0.15) is 21.7 Å². The molecule has 0 aliphatic carbocycles. The zero-order valence-corrected chi connectivity index (χ0v) is 18.9. The summed E-state index contributed by atoms with van der Waals surface area (Å²) < 4.78 is 45.3. The Morgan fingerprint density at radius 3 is 2.28 bits per heavy atom. The van der Waals surface area contributed by atoms with Gasteiger partial charge in [-0.25, -0.2) is 4.99 Å². The van der Waals surface area contributed by atoms with Crippen molar-refractivity contribution < 1.29 is 27.1 Å². The summed E-state index contributed by atoms with van der Waals surface area (Å²) in [5, 5.41) is 5.66. The van der Waals surface area contributed by atoms with Gasteiger partial charge in [0.05, 0.1) is 12.8 Å². The van der Waals surface area contributed by atoms with E-state index in [0.29, 0.717) is 17.8 Å². The maximum atomic E-state index is 12.2. The first kappa shape index (κ1) is 25.0. The highest BCUT2D eigenvalue weighted by atomic mass is 127. The third-order valence-corrected chi connectivity index (χ3v) is 4.02. The zero-order valence-electron chi connectivity index (χ0n) is 16.6. The number of amides is 1. The second-order valence-corrected chi connectivity index (χ2v) is 6.38. The first-order valence-corrected chi connectivity index (χ1v) is 9.11. The van der Waals surface area contributed by atoms with Gasteiger partial charge >= 0.3 is 6.36 Å². The lowest BCUT2D eigenvalue weighted by Crippen LogP contribution is -2.31. The quantitative estimate of drug-likeness (QED) is 0.222. The highest BCUT2D eigenvalue weighted by Crippen LogP contribution is 2.22. The number of carbonyl (C=O) groups excluding carboxylic acids is 1. The second-order valence-electron chi connectivity index (χ2n) is 6.38. The SMILES string of the molecule is I.NC(=NCc1ccc(OC(F)(F)F)cc1)NCc1ccc(NC(=O)c2ccco2)cc1. The van der Waals surface area contributed by atoms with Gasteiger partial charge in [-0.2, -0.15) is 0 Å². The molecule has 0 aliphatic rings. The number of carbonyl (C=O) groups is 1. The van der Waals surface area contributed by atoms with Gasteiger partial charge in [-0.3, -0.25) is 4.79 Å². The van der Waals surface area contributed by atoms with Gasteiger partial charge in [0.1, 0.15) is 5.75 Å². The van der Waals surface area contributed by atoms with E-state index in [1.54, 1.807) is 24.3 Å². The number of nitrogens with two attached hydrogens (primary N) is 1. The second kappa shape index (κ2) is 11.4. The van der Waals surface area contributed by atoms with Gasteiger partial charge in [0.25, 0.3) is 5.91 Å². The van der Waals surface area contributed by atoms with Crippen LogP contribution in [-0.4, -0.2) is 18.2 Å². The molecule has 2 aromatic carbocycles. The van der Waals surface area contributed by atoms with Gasteiger partial charge in [-0.05, 0) is 47.5 Å². The minimum atomic E-state index is -4.72. The number of halogens is 4. The van der Waals surface area contributed by atoms with Crippen LogP contribution in [0.2, 0.25) is 0 Å². The van der Waals surface area contributed by atoms with E-state index in [2.05, 4.69) is 20.4 Å². The highest BCUT2D eigenvalue weighted by molar-refractivity contribution is 14.0. The molecule has 0 unspecified atom stereocenters. The molecule has 0 spiro atoms. The summed E-state index contributed by atoms with van der Waals surface area (Å²) in [6.07, 6.45) is -3.30. The van der Waals surface area contributed by atoms with Gasteiger partial charge in [0, 0.05) is 12.2 Å². The van der Waals surface area contributed by atoms with E-state index in [4.69, 9.17) is 10.2 Å². The molecule has 0 aliphatic heterocycles. The molecule has 0 radical (unpaired) electrons. The first-order chi connectivity index (χ1) is 14.8. The number of guanidine groups is 1. The number of hydrogen-bond donors (Lipinski definition) is 3. The molecule has 0 bridgehead atoms. The van der Waals surface area contributed by atoms with E-state index in [-0.39, 0.29) is 53.9 Å². The minimum Gasteiger partial charge on any atom is -0.459 e. The third kappa shape index (κ3) is 8.13. The lowest BCUT2D eigenvalue weighted by atomic mass is 10.2. The monoisotopic (exact) mass is 560 g/mol. The minimum absolute atomic E-state index is 0. The highest BCUT2D eigenvalue weighted by Gasteiger charge is 2.30. The summed E-state index contributed by atoms with van der Waals surface area (Å²) in [4.78, 5) is 16.1. The number of hydrogen-bond acceptors (Lipinski definition) is 4. The molecular formula is C21H20F3IN4O3. The number of aliphatic imine (C=N–C) groups is 1. The normalized spacial score (nSPS) is 11.4. The molecule has 4 N–H and O–H groups in total. The molecule has 3 rings (SSSR count). The largest absolute Gasteiger partial charge is 0.573 e. The maximum Gasteiger partial charge on any atom is 0.573 e. The Hall–Kier alpha value is -3.22. The average Bonchev–Trinajstić information content (AvgIpc) is 3.27. The topological polar surface area (TPSA) is 102 Å². The van der Waals surface area contributed by atoms with E-state index in [0.717, 1.165) is 5.56 Å². The average molecular weight is 560 g/mol. The number of anilines is 1. The van der Waals surface area contributed by atoms with Crippen molar-refractivity contribution in [3.63, 3.8) is 0 Å². The Kier molecular flexibility index (Phi) is 8.93. The number of alkyl halides is 3. The maximum absolute atomic E-state index is 12.2. The van der Waals surface area contributed by atoms with Crippen LogP contribution in [0.25, 0.3) is 0 Å². The standard InChI is InChI=1S/C21H19F3N4O3.HI/c22-21(23,24)31-17-9-5-15(6-10-17)13-27-20(25)26-12-14-3-7-16(8-4-14)28-19(29)18-2-1-11-30-18;/h1-11H,12-13H2,(H,28,29)(H3,25,26,27);1H. The van der Waals surface area contributed by atoms with E-state index in [1.165, 1.54) is 30.5 Å². The first-order valence-electron chi connectivity index (χ1n) is 9.11. The number of rotatable bonds is 7.